The summed E-state index contributed by atoms with van der Waals surface area (Å²) in [4.78, 5) is 7.29. The second kappa shape index (κ2) is 8.30. The molecule has 2 saturated heterocycles. The number of aliphatic hydroxyl groups is 1. The number of hydrogen-bond donors (Lipinski definition) is 1. The van der Waals surface area contributed by atoms with Gasteiger partial charge in [0.25, 0.3) is 0 Å². The van der Waals surface area contributed by atoms with Crippen LogP contribution in [0.5, 0.6) is 0 Å². The third kappa shape index (κ3) is 4.09. The molecular formula is C19H31N3O2. The van der Waals surface area contributed by atoms with Crippen molar-refractivity contribution >= 4 is 5.69 Å². The summed E-state index contributed by atoms with van der Waals surface area (Å²) in [6.07, 6.45) is 0.854. The van der Waals surface area contributed by atoms with E-state index in [1.807, 2.05) is 0 Å². The molecule has 2 heterocycles. The number of benzene rings is 1. The first-order valence-corrected chi connectivity index (χ1v) is 9.20. The number of nitrogens with zero attached hydrogens (tertiary/aromatic N) is 3. The van der Waals surface area contributed by atoms with Crippen molar-refractivity contribution in [2.75, 3.05) is 57.9 Å². The van der Waals surface area contributed by atoms with Gasteiger partial charge in [0.15, 0.2) is 0 Å². The van der Waals surface area contributed by atoms with E-state index in [4.69, 9.17) is 4.74 Å². The van der Waals surface area contributed by atoms with E-state index in [0.717, 1.165) is 32.7 Å². The molecule has 2 atom stereocenters. The Kier molecular flexibility index (Phi) is 6.11. The zero-order chi connectivity index (χ0) is 16.9. The maximum absolute atomic E-state index is 10.1. The first-order chi connectivity index (χ1) is 11.7. The number of likely N-dealkylation sites (N-methyl/N-ethyl adjacent to an activating group) is 1. The normalized spacial score (nSPS) is 25.6. The van der Waals surface area contributed by atoms with E-state index in [0.29, 0.717) is 13.2 Å². The highest BCUT2D eigenvalue weighted by molar-refractivity contribution is 5.54. The maximum Gasteiger partial charge on any atom is 0.0950 e. The zero-order valence-electron chi connectivity index (χ0n) is 15.0. The van der Waals surface area contributed by atoms with E-state index < -0.39 is 0 Å². The average molecular weight is 333 g/mol. The van der Waals surface area contributed by atoms with Gasteiger partial charge < -0.3 is 14.7 Å². The van der Waals surface area contributed by atoms with Gasteiger partial charge in [-0.05, 0) is 31.6 Å². The van der Waals surface area contributed by atoms with Crippen molar-refractivity contribution in [1.29, 1.82) is 0 Å². The minimum Gasteiger partial charge on any atom is -0.389 e. The topological polar surface area (TPSA) is 39.2 Å². The standard InChI is InChI=1S/C19H31N3O2/c1-3-8-21-9-11-22(12-10-21)17-7-5-4-6-16(17)13-20(2)18-14-24-15-19(18)23/h4-7,18-19,23H,3,8-15H2,1-2H3/t18-,19-/m1/s1. The fraction of sp³-hybridized carbons (Fsp3) is 0.684. The van der Waals surface area contributed by atoms with E-state index in [9.17, 15) is 5.11 Å². The SMILES string of the molecule is CCCN1CCN(c2ccccc2CN(C)[C@@H]2COC[C@H]2O)CC1. The number of aliphatic hydroxyl groups excluding tert-OH is 1. The lowest BCUT2D eigenvalue weighted by Gasteiger charge is -2.37. The molecule has 0 unspecified atom stereocenters. The second-order valence-electron chi connectivity index (χ2n) is 7.04. The molecule has 5 heteroatoms. The number of para-hydroxylation sites is 1. The molecule has 1 aromatic rings. The summed E-state index contributed by atoms with van der Waals surface area (Å²) < 4.78 is 5.40. The number of rotatable bonds is 6. The van der Waals surface area contributed by atoms with Crippen LogP contribution in [0.4, 0.5) is 5.69 Å². The highest BCUT2D eigenvalue weighted by Gasteiger charge is 2.30. The smallest absolute Gasteiger partial charge is 0.0950 e. The van der Waals surface area contributed by atoms with Gasteiger partial charge in [0, 0.05) is 38.4 Å². The Labute approximate surface area is 145 Å². The fourth-order valence-corrected chi connectivity index (χ4v) is 3.82. The van der Waals surface area contributed by atoms with Gasteiger partial charge in [-0.1, -0.05) is 25.1 Å². The summed E-state index contributed by atoms with van der Waals surface area (Å²) in [5.41, 5.74) is 2.68. The summed E-state index contributed by atoms with van der Waals surface area (Å²) in [5, 5.41) is 10.1. The number of piperazine rings is 1. The molecule has 0 aliphatic carbocycles. The van der Waals surface area contributed by atoms with Crippen LogP contribution in [-0.2, 0) is 11.3 Å². The van der Waals surface area contributed by atoms with Crippen molar-refractivity contribution in [2.24, 2.45) is 0 Å². The lowest BCUT2D eigenvalue weighted by atomic mass is 10.1. The van der Waals surface area contributed by atoms with Gasteiger partial charge >= 0.3 is 0 Å². The van der Waals surface area contributed by atoms with E-state index in [1.165, 1.54) is 24.2 Å². The summed E-state index contributed by atoms with van der Waals surface area (Å²) >= 11 is 0. The molecule has 0 aromatic heterocycles. The summed E-state index contributed by atoms with van der Waals surface area (Å²) in [6, 6.07) is 8.79. The molecule has 0 saturated carbocycles. The Morgan fingerprint density at radius 1 is 1.17 bits per heavy atom. The number of ether oxygens (including phenoxy) is 1. The van der Waals surface area contributed by atoms with E-state index >= 15 is 0 Å². The molecule has 0 radical (unpaired) electrons. The third-order valence-electron chi connectivity index (χ3n) is 5.25. The van der Waals surface area contributed by atoms with Crippen LogP contribution in [0, 0.1) is 0 Å². The quantitative estimate of drug-likeness (QED) is 0.852. The molecule has 2 aliphatic rings. The molecule has 0 bridgehead atoms. The van der Waals surface area contributed by atoms with Gasteiger partial charge in [0.1, 0.15) is 0 Å². The van der Waals surface area contributed by atoms with Gasteiger partial charge in [-0.2, -0.15) is 0 Å². The first kappa shape index (κ1) is 17.7. The largest absolute Gasteiger partial charge is 0.389 e. The Hall–Kier alpha value is -1.14. The zero-order valence-corrected chi connectivity index (χ0v) is 15.0. The molecule has 134 valence electrons. The van der Waals surface area contributed by atoms with Gasteiger partial charge in [-0.25, -0.2) is 0 Å². The maximum atomic E-state index is 10.1. The first-order valence-electron chi connectivity index (χ1n) is 9.20. The molecule has 24 heavy (non-hydrogen) atoms. The molecule has 0 amide bonds. The highest BCUT2D eigenvalue weighted by Crippen LogP contribution is 2.24. The molecule has 3 rings (SSSR count). The molecule has 1 N–H and O–H groups in total. The van der Waals surface area contributed by atoms with Crippen LogP contribution in [0.2, 0.25) is 0 Å². The monoisotopic (exact) mass is 333 g/mol. The summed E-state index contributed by atoms with van der Waals surface area (Å²) in [7, 11) is 2.08. The summed E-state index contributed by atoms with van der Waals surface area (Å²) in [5.74, 6) is 0. The molecule has 2 aliphatic heterocycles. The van der Waals surface area contributed by atoms with Gasteiger partial charge in [-0.3, -0.25) is 9.80 Å². The second-order valence-corrected chi connectivity index (χ2v) is 7.04. The Balaban J connectivity index is 1.65. The van der Waals surface area contributed by atoms with Gasteiger partial charge in [0.2, 0.25) is 0 Å². The summed E-state index contributed by atoms with van der Waals surface area (Å²) in [6.45, 7) is 9.85. The van der Waals surface area contributed by atoms with Crippen molar-refractivity contribution in [2.45, 2.75) is 32.0 Å². The van der Waals surface area contributed by atoms with Gasteiger partial charge in [0.05, 0.1) is 25.4 Å². The van der Waals surface area contributed by atoms with Crippen LogP contribution in [0.25, 0.3) is 0 Å². The van der Waals surface area contributed by atoms with Gasteiger partial charge in [-0.15, -0.1) is 0 Å². The van der Waals surface area contributed by atoms with Crippen LogP contribution < -0.4 is 4.90 Å². The van der Waals surface area contributed by atoms with E-state index in [2.05, 4.69) is 52.9 Å². The number of hydrogen-bond acceptors (Lipinski definition) is 5. The third-order valence-corrected chi connectivity index (χ3v) is 5.25. The lowest BCUT2D eigenvalue weighted by Crippen LogP contribution is -2.47. The van der Waals surface area contributed by atoms with E-state index in [1.54, 1.807) is 0 Å². The molecule has 2 fully saturated rings. The fourth-order valence-electron chi connectivity index (χ4n) is 3.82. The van der Waals surface area contributed by atoms with Crippen LogP contribution in [0.3, 0.4) is 0 Å². The minimum absolute atomic E-state index is 0.0967. The highest BCUT2D eigenvalue weighted by atomic mass is 16.5. The van der Waals surface area contributed by atoms with E-state index in [-0.39, 0.29) is 12.1 Å². The lowest BCUT2D eigenvalue weighted by molar-refractivity contribution is 0.0925. The Morgan fingerprint density at radius 3 is 2.58 bits per heavy atom. The predicted octanol–water partition coefficient (Wildman–Crippen LogP) is 1.41. The average Bonchev–Trinajstić information content (AvgIpc) is 3.03. The molecule has 0 spiro atoms. The molecular weight excluding hydrogens is 302 g/mol. The molecule has 5 nitrogen and oxygen atoms in total. The van der Waals surface area contributed by atoms with Crippen molar-refractivity contribution in [3.63, 3.8) is 0 Å². The molecule has 1 aromatic carbocycles. The number of anilines is 1. The van der Waals surface area contributed by atoms with Crippen molar-refractivity contribution in [3.05, 3.63) is 29.8 Å². The predicted molar refractivity (Wildman–Crippen MR) is 97.5 cm³/mol. The van der Waals surface area contributed by atoms with Crippen molar-refractivity contribution < 1.29 is 9.84 Å². The Bertz CT molecular complexity index is 517. The Morgan fingerprint density at radius 2 is 1.92 bits per heavy atom. The van der Waals surface area contributed by atoms with Crippen molar-refractivity contribution in [1.82, 2.24) is 9.80 Å². The van der Waals surface area contributed by atoms with Crippen LogP contribution in [0.15, 0.2) is 24.3 Å². The van der Waals surface area contributed by atoms with Crippen LogP contribution in [0.1, 0.15) is 18.9 Å². The van der Waals surface area contributed by atoms with Crippen molar-refractivity contribution in [3.8, 4) is 0 Å². The van der Waals surface area contributed by atoms with Crippen LogP contribution in [-0.4, -0.2) is 80.0 Å². The van der Waals surface area contributed by atoms with Crippen LogP contribution >= 0.6 is 0 Å². The minimum atomic E-state index is -0.375.